The first-order chi connectivity index (χ1) is 17.5. The lowest BCUT2D eigenvalue weighted by molar-refractivity contribution is -0.124. The minimum atomic E-state index is -1.31. The molecular formula is C24H17F2N3O5S3. The van der Waals surface area contributed by atoms with Gasteiger partial charge in [0.2, 0.25) is 5.91 Å². The van der Waals surface area contributed by atoms with Crippen LogP contribution in [0.15, 0.2) is 46.7 Å². The highest BCUT2D eigenvalue weighted by molar-refractivity contribution is 8.26. The molecule has 3 aromatic rings. The van der Waals surface area contributed by atoms with Gasteiger partial charge in [-0.05, 0) is 59.3 Å². The second-order valence-electron chi connectivity index (χ2n) is 7.70. The first-order valence-corrected chi connectivity index (χ1v) is 12.6. The number of thioether (sulfide) groups is 1. The van der Waals surface area contributed by atoms with Gasteiger partial charge >= 0.3 is 5.97 Å². The molecule has 13 heteroatoms. The number of hydrogen-bond donors (Lipinski definition) is 4. The van der Waals surface area contributed by atoms with Crippen molar-refractivity contribution >= 4 is 69.2 Å². The van der Waals surface area contributed by atoms with E-state index >= 15 is 0 Å². The van der Waals surface area contributed by atoms with Crippen molar-refractivity contribution in [3.63, 3.8) is 0 Å². The van der Waals surface area contributed by atoms with Gasteiger partial charge in [0.05, 0.1) is 11.4 Å². The summed E-state index contributed by atoms with van der Waals surface area (Å²) in [5, 5.41) is 24.0. The largest absolute Gasteiger partial charge is 0.507 e. The lowest BCUT2D eigenvalue weighted by atomic mass is 10.0. The highest BCUT2D eigenvalue weighted by Crippen LogP contribution is 2.37. The van der Waals surface area contributed by atoms with E-state index in [-0.39, 0.29) is 22.1 Å². The molecule has 0 bridgehead atoms. The second-order valence-corrected chi connectivity index (χ2v) is 10.3. The zero-order valence-electron chi connectivity index (χ0n) is 18.9. The maximum atomic E-state index is 13.7. The lowest BCUT2D eigenvalue weighted by Crippen LogP contribution is -2.44. The van der Waals surface area contributed by atoms with Gasteiger partial charge in [-0.1, -0.05) is 30.0 Å². The number of carbonyl (C=O) groups is 3. The second kappa shape index (κ2) is 10.8. The summed E-state index contributed by atoms with van der Waals surface area (Å²) in [5.74, 6) is -4.72. The van der Waals surface area contributed by atoms with E-state index in [0.717, 1.165) is 51.5 Å². The Labute approximate surface area is 222 Å². The van der Waals surface area contributed by atoms with Gasteiger partial charge in [0.15, 0.2) is 16.0 Å². The molecule has 37 heavy (non-hydrogen) atoms. The van der Waals surface area contributed by atoms with Crippen LogP contribution in [0.1, 0.15) is 20.8 Å². The first-order valence-electron chi connectivity index (χ1n) is 10.5. The monoisotopic (exact) mass is 561 g/mol. The van der Waals surface area contributed by atoms with Crippen molar-refractivity contribution in [2.45, 2.75) is 6.92 Å². The van der Waals surface area contributed by atoms with Crippen molar-refractivity contribution < 1.29 is 33.4 Å². The number of amides is 2. The Kier molecular flexibility index (Phi) is 7.68. The molecule has 4 N–H and O–H groups in total. The molecule has 8 nitrogen and oxygen atoms in total. The van der Waals surface area contributed by atoms with Crippen LogP contribution in [0.3, 0.4) is 0 Å². The Hall–Kier alpha value is -3.65. The van der Waals surface area contributed by atoms with Gasteiger partial charge in [0, 0.05) is 16.6 Å². The van der Waals surface area contributed by atoms with Crippen LogP contribution in [-0.4, -0.2) is 43.9 Å². The molecule has 2 aromatic carbocycles. The molecule has 1 saturated heterocycles. The number of hydrogen-bond acceptors (Lipinski definition) is 8. The fourth-order valence-corrected chi connectivity index (χ4v) is 5.70. The summed E-state index contributed by atoms with van der Waals surface area (Å²) in [4.78, 5) is 37.2. The summed E-state index contributed by atoms with van der Waals surface area (Å²) >= 11 is 7.63. The van der Waals surface area contributed by atoms with Crippen molar-refractivity contribution in [1.29, 1.82) is 0 Å². The Morgan fingerprint density at radius 2 is 1.92 bits per heavy atom. The van der Waals surface area contributed by atoms with Gasteiger partial charge in [0.25, 0.3) is 5.91 Å². The van der Waals surface area contributed by atoms with Crippen molar-refractivity contribution in [2.75, 3.05) is 11.9 Å². The number of carboxylic acids is 1. The normalized spacial score (nSPS) is 14.5. The highest BCUT2D eigenvalue weighted by atomic mass is 32.2. The molecule has 0 spiro atoms. The number of aromatic carboxylic acids is 1. The van der Waals surface area contributed by atoms with Crippen molar-refractivity contribution in [3.8, 4) is 16.9 Å². The zero-order valence-corrected chi connectivity index (χ0v) is 21.3. The zero-order chi connectivity index (χ0) is 26.9. The fraction of sp³-hybridized carbons (Fsp3) is 0.0833. The molecule has 0 aliphatic carbocycles. The maximum absolute atomic E-state index is 13.7. The van der Waals surface area contributed by atoms with E-state index in [9.17, 15) is 28.3 Å². The van der Waals surface area contributed by atoms with Crippen molar-refractivity contribution in [3.05, 3.63) is 74.3 Å². The van der Waals surface area contributed by atoms with Gasteiger partial charge in [0.1, 0.15) is 11.3 Å². The Morgan fingerprint density at radius 1 is 1.16 bits per heavy atom. The molecule has 1 aliphatic heterocycles. The maximum Gasteiger partial charge on any atom is 0.339 e. The van der Waals surface area contributed by atoms with Crippen LogP contribution in [0.25, 0.3) is 17.2 Å². The minimum Gasteiger partial charge on any atom is -0.507 e. The number of thiocarbonyl (C=S) groups is 1. The average molecular weight is 562 g/mol. The number of hydrazine groups is 1. The Bertz CT molecular complexity index is 1490. The molecular weight excluding hydrogens is 544 g/mol. The van der Waals surface area contributed by atoms with Gasteiger partial charge in [-0.3, -0.25) is 9.59 Å². The number of carbonyl (C=O) groups excluding carboxylic acids is 2. The number of aromatic hydroxyl groups is 1. The SMILES string of the molecule is Cc1c(-c2ccc(F)c(F)c2)csc1/C=C1\SC(=S)N(NCC(=O)Nc2ccc(C(=O)O)c(O)c2)C1=O. The fourth-order valence-electron chi connectivity index (χ4n) is 3.39. The number of benzene rings is 2. The Morgan fingerprint density at radius 3 is 2.59 bits per heavy atom. The van der Waals surface area contributed by atoms with Crippen LogP contribution in [-0.2, 0) is 9.59 Å². The first kappa shape index (κ1) is 26.4. The minimum absolute atomic E-state index is 0.171. The summed E-state index contributed by atoms with van der Waals surface area (Å²) in [5.41, 5.74) is 4.53. The van der Waals surface area contributed by atoms with Crippen LogP contribution in [0, 0.1) is 18.6 Å². The van der Waals surface area contributed by atoms with Gasteiger partial charge in [-0.15, -0.1) is 11.3 Å². The Balaban J connectivity index is 1.42. The molecule has 0 atom stereocenters. The number of nitrogens with zero attached hydrogens (tertiary/aromatic N) is 1. The number of rotatable bonds is 7. The van der Waals surface area contributed by atoms with E-state index in [1.54, 1.807) is 11.5 Å². The van der Waals surface area contributed by atoms with Crippen LogP contribution >= 0.6 is 35.3 Å². The van der Waals surface area contributed by atoms with Crippen LogP contribution < -0.4 is 10.7 Å². The lowest BCUT2D eigenvalue weighted by Gasteiger charge is -2.15. The van der Waals surface area contributed by atoms with Crippen LogP contribution in [0.4, 0.5) is 14.5 Å². The number of phenols is 1. The quantitative estimate of drug-likeness (QED) is 0.241. The van der Waals surface area contributed by atoms with Gasteiger partial charge in [-0.25, -0.2) is 24.0 Å². The molecule has 190 valence electrons. The number of carboxylic acid groups (broad SMARTS) is 1. The predicted molar refractivity (Wildman–Crippen MR) is 141 cm³/mol. The van der Waals surface area contributed by atoms with E-state index in [1.165, 1.54) is 23.5 Å². The smallest absolute Gasteiger partial charge is 0.339 e. The third kappa shape index (κ3) is 5.69. The molecule has 1 aromatic heterocycles. The molecule has 1 fully saturated rings. The molecule has 2 heterocycles. The van der Waals surface area contributed by atoms with E-state index in [2.05, 4.69) is 10.7 Å². The standard InChI is InChI=1S/C24H17F2N3O5S3/c1-11-15(12-2-5-16(25)17(26)6-12)10-36-19(11)8-20-22(32)29(24(35)37-20)27-9-21(31)28-13-3-4-14(23(33)34)18(30)7-13/h2-8,10,27,30H,9H2,1H3,(H,28,31)(H,33,34)/b20-8-. The number of anilines is 1. The van der Waals surface area contributed by atoms with Gasteiger partial charge in [-0.2, -0.15) is 0 Å². The molecule has 2 amide bonds. The van der Waals surface area contributed by atoms with Crippen LogP contribution in [0.5, 0.6) is 5.75 Å². The molecule has 0 saturated carbocycles. The summed E-state index contributed by atoms with van der Waals surface area (Å²) in [6.45, 7) is 1.47. The molecule has 1 aliphatic rings. The summed E-state index contributed by atoms with van der Waals surface area (Å²) in [6.07, 6.45) is 1.65. The number of nitrogens with one attached hydrogen (secondary N) is 2. The third-order valence-corrected chi connectivity index (χ3v) is 7.61. The van der Waals surface area contributed by atoms with Crippen molar-refractivity contribution in [1.82, 2.24) is 10.4 Å². The van der Waals surface area contributed by atoms with E-state index in [0.29, 0.717) is 16.0 Å². The van der Waals surface area contributed by atoms with E-state index in [4.69, 9.17) is 17.3 Å². The molecule has 0 unspecified atom stereocenters. The summed E-state index contributed by atoms with van der Waals surface area (Å²) in [7, 11) is 0. The summed E-state index contributed by atoms with van der Waals surface area (Å²) in [6, 6.07) is 7.22. The molecule has 4 rings (SSSR count). The van der Waals surface area contributed by atoms with E-state index < -0.39 is 35.2 Å². The predicted octanol–water partition coefficient (Wildman–Crippen LogP) is 4.75. The van der Waals surface area contributed by atoms with E-state index in [1.807, 2.05) is 6.92 Å². The molecule has 0 radical (unpaired) electrons. The topological polar surface area (TPSA) is 119 Å². The van der Waals surface area contributed by atoms with Crippen molar-refractivity contribution in [2.24, 2.45) is 0 Å². The number of halogens is 2. The summed E-state index contributed by atoms with van der Waals surface area (Å²) < 4.78 is 27.1. The van der Waals surface area contributed by atoms with Gasteiger partial charge < -0.3 is 15.5 Å². The highest BCUT2D eigenvalue weighted by Gasteiger charge is 2.33. The third-order valence-electron chi connectivity index (χ3n) is 5.27. The average Bonchev–Trinajstić information content (AvgIpc) is 3.32. The number of thiophene rings is 1. The van der Waals surface area contributed by atoms with Crippen LogP contribution in [0.2, 0.25) is 0 Å².